The zero-order chi connectivity index (χ0) is 15.7. The third kappa shape index (κ3) is 3.86. The summed E-state index contributed by atoms with van der Waals surface area (Å²) in [5, 5.41) is 0. The predicted molar refractivity (Wildman–Crippen MR) is 85.1 cm³/mol. The lowest BCUT2D eigenvalue weighted by molar-refractivity contribution is 0.00578. The zero-order valence-electron chi connectivity index (χ0n) is 13.7. The lowest BCUT2D eigenvalue weighted by atomic mass is 9.89. The van der Waals surface area contributed by atoms with Crippen LogP contribution < -0.4 is 4.74 Å². The smallest absolute Gasteiger partial charge is 0.475 e. The van der Waals surface area contributed by atoms with Gasteiger partial charge in [-0.05, 0) is 53.7 Å². The molecule has 1 aliphatic rings. The number of rotatable bonds is 4. The number of ether oxygens (including phenoxy) is 1. The fraction of sp³-hybridized carbons (Fsp3) is 0.562. The molecule has 0 spiro atoms. The Balaban J connectivity index is 2.05. The van der Waals surface area contributed by atoms with Crippen LogP contribution >= 0.6 is 0 Å². The average molecular weight is 289 g/mol. The molecule has 114 valence electrons. The van der Waals surface area contributed by atoms with Gasteiger partial charge < -0.3 is 14.0 Å². The molecule has 0 unspecified atom stereocenters. The van der Waals surface area contributed by atoms with E-state index < -0.39 is 0 Å². The summed E-state index contributed by atoms with van der Waals surface area (Å²) in [6.45, 7) is 12.1. The summed E-state index contributed by atoms with van der Waals surface area (Å²) in [6.07, 6.45) is 2.01. The Labute approximate surface area is 127 Å². The monoisotopic (exact) mass is 289 g/mol. The molecule has 1 aliphatic heterocycles. The fourth-order valence-corrected chi connectivity index (χ4v) is 1.98. The van der Waals surface area contributed by atoms with Crippen molar-refractivity contribution in [1.82, 2.24) is 4.98 Å². The molecule has 0 aliphatic carbocycles. The molecular weight excluding hydrogens is 265 g/mol. The van der Waals surface area contributed by atoms with E-state index in [4.69, 9.17) is 14.0 Å². The molecule has 0 saturated carbocycles. The van der Waals surface area contributed by atoms with Crippen molar-refractivity contribution in [2.45, 2.75) is 58.8 Å². The van der Waals surface area contributed by atoms with Gasteiger partial charge >= 0.3 is 7.12 Å². The van der Waals surface area contributed by atoms with E-state index in [2.05, 4.69) is 4.98 Å². The summed E-state index contributed by atoms with van der Waals surface area (Å²) >= 11 is 0. The summed E-state index contributed by atoms with van der Waals surface area (Å²) in [6, 6.07) is 5.70. The minimum absolute atomic E-state index is 0.111. The fourth-order valence-electron chi connectivity index (χ4n) is 1.98. The van der Waals surface area contributed by atoms with Gasteiger partial charge in [-0.15, -0.1) is 0 Å². The number of aromatic nitrogens is 1. The zero-order valence-corrected chi connectivity index (χ0v) is 13.7. The van der Waals surface area contributed by atoms with Gasteiger partial charge in [-0.1, -0.05) is 12.0 Å². The van der Waals surface area contributed by atoms with E-state index in [1.54, 1.807) is 0 Å². The van der Waals surface area contributed by atoms with Crippen LogP contribution in [0.3, 0.4) is 0 Å². The topological polar surface area (TPSA) is 40.6 Å². The van der Waals surface area contributed by atoms with E-state index in [9.17, 15) is 0 Å². The Kier molecular flexibility index (Phi) is 4.44. The van der Waals surface area contributed by atoms with E-state index in [-0.39, 0.29) is 24.4 Å². The van der Waals surface area contributed by atoms with Crippen LogP contribution in [0.1, 0.15) is 47.2 Å². The van der Waals surface area contributed by atoms with Gasteiger partial charge in [-0.2, -0.15) is 0 Å². The first kappa shape index (κ1) is 16.1. The molecule has 0 amide bonds. The van der Waals surface area contributed by atoms with Gasteiger partial charge in [-0.3, -0.25) is 0 Å². The second kappa shape index (κ2) is 5.81. The minimum atomic E-state index is -0.355. The van der Waals surface area contributed by atoms with Crippen molar-refractivity contribution >= 4 is 13.2 Å². The average Bonchev–Trinajstić information content (AvgIpc) is 2.55. The van der Waals surface area contributed by atoms with Crippen LogP contribution in [0, 0.1) is 0 Å². The SMILES string of the molecule is CC(C)Oc1cccc(/C=C/B2OC(C)(C)C(C)(C)O2)n1. The maximum absolute atomic E-state index is 5.91. The second-order valence-corrected chi connectivity index (χ2v) is 6.55. The van der Waals surface area contributed by atoms with Gasteiger partial charge in [0.05, 0.1) is 23.0 Å². The predicted octanol–water partition coefficient (Wildman–Crippen LogP) is 3.51. The first-order valence-electron chi connectivity index (χ1n) is 7.37. The van der Waals surface area contributed by atoms with Crippen LogP contribution in [0.2, 0.25) is 0 Å². The first-order chi connectivity index (χ1) is 9.69. The molecule has 1 saturated heterocycles. The third-order valence-corrected chi connectivity index (χ3v) is 3.80. The Morgan fingerprint density at radius 1 is 1.14 bits per heavy atom. The summed E-state index contributed by atoms with van der Waals surface area (Å²) in [7, 11) is -0.355. The minimum Gasteiger partial charge on any atom is -0.475 e. The van der Waals surface area contributed by atoms with Gasteiger partial charge in [0, 0.05) is 6.07 Å². The van der Waals surface area contributed by atoms with E-state index in [1.165, 1.54) is 0 Å². The Hall–Kier alpha value is -1.33. The van der Waals surface area contributed by atoms with Crippen molar-refractivity contribution in [3.05, 3.63) is 29.9 Å². The Bertz CT molecular complexity index is 510. The normalized spacial score (nSPS) is 20.4. The van der Waals surface area contributed by atoms with E-state index in [0.29, 0.717) is 5.88 Å². The standard InChI is InChI=1S/C16H24BNO3/c1-12(2)19-14-9-7-8-13(18-14)10-11-17-20-15(3,4)16(5,6)21-17/h7-12H,1-6H3/b11-10+. The first-order valence-corrected chi connectivity index (χ1v) is 7.37. The van der Waals surface area contributed by atoms with Gasteiger partial charge in [-0.25, -0.2) is 4.98 Å². The highest BCUT2D eigenvalue weighted by atomic mass is 16.7. The van der Waals surface area contributed by atoms with Crippen LogP contribution in [0.15, 0.2) is 24.2 Å². The van der Waals surface area contributed by atoms with Crippen molar-refractivity contribution in [3.63, 3.8) is 0 Å². The molecule has 1 aromatic heterocycles. The summed E-state index contributed by atoms with van der Waals surface area (Å²) in [5.74, 6) is 2.51. The van der Waals surface area contributed by atoms with Gasteiger partial charge in [0.2, 0.25) is 5.88 Å². The molecular formula is C16H24BNO3. The highest BCUT2D eigenvalue weighted by Crippen LogP contribution is 2.36. The lowest BCUT2D eigenvalue weighted by Gasteiger charge is -2.32. The Morgan fingerprint density at radius 3 is 2.33 bits per heavy atom. The van der Waals surface area contributed by atoms with Crippen LogP contribution in [0.4, 0.5) is 0 Å². The lowest BCUT2D eigenvalue weighted by Crippen LogP contribution is -2.41. The maximum atomic E-state index is 5.91. The quantitative estimate of drug-likeness (QED) is 0.795. The molecule has 21 heavy (non-hydrogen) atoms. The van der Waals surface area contributed by atoms with Crippen molar-refractivity contribution < 1.29 is 14.0 Å². The molecule has 2 rings (SSSR count). The molecule has 1 fully saturated rings. The summed E-state index contributed by atoms with van der Waals surface area (Å²) < 4.78 is 17.4. The Morgan fingerprint density at radius 2 is 1.76 bits per heavy atom. The highest BCUT2D eigenvalue weighted by molar-refractivity contribution is 6.52. The molecule has 0 N–H and O–H groups in total. The van der Waals surface area contributed by atoms with E-state index in [1.807, 2.05) is 71.8 Å². The highest BCUT2D eigenvalue weighted by Gasteiger charge is 2.49. The van der Waals surface area contributed by atoms with Gasteiger partial charge in [0.25, 0.3) is 0 Å². The molecule has 0 aromatic carbocycles. The maximum Gasteiger partial charge on any atom is 0.487 e. The molecule has 2 heterocycles. The van der Waals surface area contributed by atoms with Crippen molar-refractivity contribution in [1.29, 1.82) is 0 Å². The van der Waals surface area contributed by atoms with Crippen LogP contribution in [-0.4, -0.2) is 29.4 Å². The third-order valence-electron chi connectivity index (χ3n) is 3.80. The molecule has 1 aromatic rings. The molecule has 0 radical (unpaired) electrons. The van der Waals surface area contributed by atoms with E-state index in [0.717, 1.165) is 5.69 Å². The largest absolute Gasteiger partial charge is 0.487 e. The number of pyridine rings is 1. The molecule has 0 bridgehead atoms. The second-order valence-electron chi connectivity index (χ2n) is 6.55. The van der Waals surface area contributed by atoms with Crippen LogP contribution in [0.5, 0.6) is 5.88 Å². The van der Waals surface area contributed by atoms with Crippen molar-refractivity contribution in [2.24, 2.45) is 0 Å². The van der Waals surface area contributed by atoms with E-state index >= 15 is 0 Å². The number of hydrogen-bond acceptors (Lipinski definition) is 4. The number of nitrogens with zero attached hydrogens (tertiary/aromatic N) is 1. The summed E-state index contributed by atoms with van der Waals surface area (Å²) in [4.78, 5) is 4.43. The van der Waals surface area contributed by atoms with Crippen molar-refractivity contribution in [3.8, 4) is 5.88 Å². The summed E-state index contributed by atoms with van der Waals surface area (Å²) in [5.41, 5.74) is 0.179. The molecule has 0 atom stereocenters. The van der Waals surface area contributed by atoms with Crippen LogP contribution in [-0.2, 0) is 9.31 Å². The van der Waals surface area contributed by atoms with Crippen LogP contribution in [0.25, 0.3) is 6.08 Å². The van der Waals surface area contributed by atoms with Gasteiger partial charge in [0.1, 0.15) is 0 Å². The van der Waals surface area contributed by atoms with Crippen molar-refractivity contribution in [2.75, 3.05) is 0 Å². The van der Waals surface area contributed by atoms with Gasteiger partial charge in [0.15, 0.2) is 0 Å². The molecule has 4 nitrogen and oxygen atoms in total. The molecule has 5 heteroatoms. The number of hydrogen-bond donors (Lipinski definition) is 0.